The zero-order valence-corrected chi connectivity index (χ0v) is 14.9. The minimum Gasteiger partial charge on any atom is -0.459 e. The fourth-order valence-electron chi connectivity index (χ4n) is 1.88. The number of nitrogens with zero attached hydrogens (tertiary/aromatic N) is 3. The average molecular weight is 321 g/mol. The summed E-state index contributed by atoms with van der Waals surface area (Å²) in [6.07, 6.45) is 1.54. The van der Waals surface area contributed by atoms with Crippen LogP contribution in [0.5, 0.6) is 0 Å². The van der Waals surface area contributed by atoms with Crippen LogP contribution >= 0.6 is 0 Å². The van der Waals surface area contributed by atoms with Gasteiger partial charge in [-0.3, -0.25) is 14.6 Å². The number of amides is 1. The number of likely N-dealkylation sites (N-methyl/N-ethyl adjacent to an activating group) is 1. The number of aromatic nitrogens is 1. The van der Waals surface area contributed by atoms with E-state index in [0.29, 0.717) is 18.7 Å². The normalized spacial score (nSPS) is 11.4. The highest BCUT2D eigenvalue weighted by molar-refractivity contribution is 5.95. The second kappa shape index (κ2) is 8.06. The summed E-state index contributed by atoms with van der Waals surface area (Å²) >= 11 is 0. The third kappa shape index (κ3) is 7.23. The number of esters is 1. The first kappa shape index (κ1) is 19.1. The Balaban J connectivity index is 2.84. The maximum Gasteiger partial charge on any atom is 0.326 e. The maximum atomic E-state index is 12.6. The molecule has 0 N–H and O–H groups in total. The summed E-state index contributed by atoms with van der Waals surface area (Å²) in [5.74, 6) is -0.630. The lowest BCUT2D eigenvalue weighted by atomic mass is 10.2. The van der Waals surface area contributed by atoms with Crippen LogP contribution in [0.25, 0.3) is 0 Å². The van der Waals surface area contributed by atoms with Gasteiger partial charge < -0.3 is 14.5 Å². The predicted molar refractivity (Wildman–Crippen MR) is 89.3 cm³/mol. The van der Waals surface area contributed by atoms with E-state index in [-0.39, 0.29) is 12.5 Å². The summed E-state index contributed by atoms with van der Waals surface area (Å²) in [5, 5.41) is 0. The van der Waals surface area contributed by atoms with Crippen molar-refractivity contribution in [3.63, 3.8) is 0 Å². The molecular formula is C17H27N3O3. The molecule has 1 aromatic rings. The van der Waals surface area contributed by atoms with Crippen LogP contribution in [0.2, 0.25) is 0 Å². The molecule has 0 fully saturated rings. The van der Waals surface area contributed by atoms with Crippen molar-refractivity contribution in [1.29, 1.82) is 0 Å². The number of pyridine rings is 1. The van der Waals surface area contributed by atoms with Gasteiger partial charge in [0.1, 0.15) is 12.1 Å². The van der Waals surface area contributed by atoms with E-state index in [1.807, 2.05) is 25.9 Å². The number of hydrogen-bond donors (Lipinski definition) is 0. The van der Waals surface area contributed by atoms with Crippen molar-refractivity contribution >= 4 is 11.9 Å². The summed E-state index contributed by atoms with van der Waals surface area (Å²) in [6, 6.07) is 3.51. The number of rotatable bonds is 6. The van der Waals surface area contributed by atoms with Crippen LogP contribution in [0.3, 0.4) is 0 Å². The van der Waals surface area contributed by atoms with E-state index >= 15 is 0 Å². The molecule has 0 spiro atoms. The molecule has 0 aliphatic heterocycles. The quantitative estimate of drug-likeness (QED) is 0.747. The molecule has 0 aliphatic rings. The molecule has 1 rings (SSSR count). The molecule has 1 amide bonds. The standard InChI is InChI=1S/C17H27N3O3/c1-13-7-8-14(11-18-13)16(22)20(10-9-19(5)6)12-15(21)23-17(2,3)4/h7-8,11H,9-10,12H2,1-6H3. The van der Waals surface area contributed by atoms with E-state index in [2.05, 4.69) is 4.98 Å². The first-order valence-electron chi connectivity index (χ1n) is 7.67. The molecule has 0 saturated carbocycles. The molecule has 23 heavy (non-hydrogen) atoms. The van der Waals surface area contributed by atoms with Crippen LogP contribution in [0, 0.1) is 6.92 Å². The van der Waals surface area contributed by atoms with Crippen molar-refractivity contribution in [2.45, 2.75) is 33.3 Å². The largest absolute Gasteiger partial charge is 0.459 e. The third-order valence-corrected chi connectivity index (χ3v) is 3.00. The maximum absolute atomic E-state index is 12.6. The van der Waals surface area contributed by atoms with E-state index in [9.17, 15) is 9.59 Å². The molecule has 0 radical (unpaired) electrons. The summed E-state index contributed by atoms with van der Waals surface area (Å²) < 4.78 is 5.32. The van der Waals surface area contributed by atoms with Crippen molar-refractivity contribution in [3.8, 4) is 0 Å². The Bertz CT molecular complexity index is 533. The molecule has 0 aromatic carbocycles. The SMILES string of the molecule is Cc1ccc(C(=O)N(CCN(C)C)CC(=O)OC(C)(C)C)cn1. The lowest BCUT2D eigenvalue weighted by Crippen LogP contribution is -2.42. The van der Waals surface area contributed by atoms with E-state index < -0.39 is 11.6 Å². The summed E-state index contributed by atoms with van der Waals surface area (Å²) in [7, 11) is 3.84. The van der Waals surface area contributed by atoms with Crippen LogP contribution in [-0.2, 0) is 9.53 Å². The summed E-state index contributed by atoms with van der Waals surface area (Å²) in [6.45, 7) is 8.31. The number of aryl methyl sites for hydroxylation is 1. The lowest BCUT2D eigenvalue weighted by Gasteiger charge is -2.26. The van der Waals surface area contributed by atoms with Gasteiger partial charge in [-0.05, 0) is 53.9 Å². The smallest absolute Gasteiger partial charge is 0.326 e. The van der Waals surface area contributed by atoms with E-state index in [4.69, 9.17) is 4.74 Å². The van der Waals surface area contributed by atoms with Gasteiger partial charge in [-0.1, -0.05) is 0 Å². The van der Waals surface area contributed by atoms with Crippen molar-refractivity contribution in [1.82, 2.24) is 14.8 Å². The Labute approximate surface area is 138 Å². The first-order chi connectivity index (χ1) is 10.6. The minimum absolute atomic E-state index is 0.0716. The topological polar surface area (TPSA) is 62.7 Å². The highest BCUT2D eigenvalue weighted by Crippen LogP contribution is 2.10. The van der Waals surface area contributed by atoms with Crippen LogP contribution in [0.1, 0.15) is 36.8 Å². The average Bonchev–Trinajstić information content (AvgIpc) is 2.41. The van der Waals surface area contributed by atoms with Gasteiger partial charge in [-0.2, -0.15) is 0 Å². The molecular weight excluding hydrogens is 294 g/mol. The van der Waals surface area contributed by atoms with Gasteiger partial charge in [-0.25, -0.2) is 0 Å². The fraction of sp³-hybridized carbons (Fsp3) is 0.588. The zero-order valence-electron chi connectivity index (χ0n) is 14.9. The Kier molecular flexibility index (Phi) is 6.69. The van der Waals surface area contributed by atoms with E-state index in [0.717, 1.165) is 5.69 Å². The second-order valence-electron chi connectivity index (χ2n) is 6.80. The minimum atomic E-state index is -0.571. The molecule has 0 aliphatic carbocycles. The van der Waals surface area contributed by atoms with Crippen LogP contribution in [-0.4, -0.2) is 66.0 Å². The summed E-state index contributed by atoms with van der Waals surface area (Å²) in [5.41, 5.74) is 0.741. The van der Waals surface area contributed by atoms with Gasteiger partial charge in [-0.15, -0.1) is 0 Å². The van der Waals surface area contributed by atoms with E-state index in [1.54, 1.807) is 32.9 Å². The van der Waals surface area contributed by atoms with Crippen molar-refractivity contribution in [2.75, 3.05) is 33.7 Å². The van der Waals surface area contributed by atoms with Crippen LogP contribution in [0.4, 0.5) is 0 Å². The Morgan fingerprint density at radius 1 is 1.17 bits per heavy atom. The molecule has 6 heteroatoms. The third-order valence-electron chi connectivity index (χ3n) is 3.00. The molecule has 128 valence electrons. The molecule has 0 unspecified atom stereocenters. The van der Waals surface area contributed by atoms with Crippen molar-refractivity contribution in [3.05, 3.63) is 29.6 Å². The molecule has 0 atom stereocenters. The number of hydrogen-bond acceptors (Lipinski definition) is 5. The Morgan fingerprint density at radius 3 is 2.30 bits per heavy atom. The number of carbonyl (C=O) groups is 2. The molecule has 6 nitrogen and oxygen atoms in total. The lowest BCUT2D eigenvalue weighted by molar-refractivity contribution is -0.155. The van der Waals surface area contributed by atoms with Gasteiger partial charge >= 0.3 is 5.97 Å². The molecule has 1 heterocycles. The van der Waals surface area contributed by atoms with Crippen molar-refractivity contribution in [2.24, 2.45) is 0 Å². The first-order valence-corrected chi connectivity index (χ1v) is 7.67. The van der Waals surface area contributed by atoms with Crippen LogP contribution in [0.15, 0.2) is 18.3 Å². The van der Waals surface area contributed by atoms with Gasteiger partial charge in [0.05, 0.1) is 5.56 Å². The second-order valence-corrected chi connectivity index (χ2v) is 6.80. The van der Waals surface area contributed by atoms with E-state index in [1.165, 1.54) is 11.1 Å². The molecule has 0 bridgehead atoms. The van der Waals surface area contributed by atoms with Crippen molar-refractivity contribution < 1.29 is 14.3 Å². The van der Waals surface area contributed by atoms with Gasteiger partial charge in [0.25, 0.3) is 5.91 Å². The summed E-state index contributed by atoms with van der Waals surface area (Å²) in [4.78, 5) is 32.3. The zero-order chi connectivity index (χ0) is 17.6. The Morgan fingerprint density at radius 2 is 1.83 bits per heavy atom. The fourth-order valence-corrected chi connectivity index (χ4v) is 1.88. The Hall–Kier alpha value is -1.95. The number of carbonyl (C=O) groups excluding carboxylic acids is 2. The molecule has 1 aromatic heterocycles. The van der Waals surface area contributed by atoms with Gasteiger partial charge in [0.15, 0.2) is 0 Å². The highest BCUT2D eigenvalue weighted by Gasteiger charge is 2.23. The van der Waals surface area contributed by atoms with Crippen LogP contribution < -0.4 is 0 Å². The number of ether oxygens (including phenoxy) is 1. The van der Waals surface area contributed by atoms with Gasteiger partial charge in [0.2, 0.25) is 0 Å². The van der Waals surface area contributed by atoms with Gasteiger partial charge in [0, 0.05) is 25.0 Å². The molecule has 0 saturated heterocycles. The predicted octanol–water partition coefficient (Wildman–Crippen LogP) is 1.74. The monoisotopic (exact) mass is 321 g/mol. The highest BCUT2D eigenvalue weighted by atomic mass is 16.6.